The molecule has 0 N–H and O–H groups in total. The van der Waals surface area contributed by atoms with E-state index in [0.717, 1.165) is 23.9 Å². The van der Waals surface area contributed by atoms with Gasteiger partial charge in [0.15, 0.2) is 5.44 Å². The molecular formula is C9H6N2O6S. The van der Waals surface area contributed by atoms with Crippen LogP contribution in [0.2, 0.25) is 0 Å². The number of non-ortho nitro benzene ring substituents is 1. The summed E-state index contributed by atoms with van der Waals surface area (Å²) in [5, 5.41) is 21.4. The highest BCUT2D eigenvalue weighted by Gasteiger charge is 2.32. The Bertz CT molecular complexity index is 546. The number of carbonyl (C=O) groups excluding carboxylic acids is 1. The lowest BCUT2D eigenvalue weighted by molar-refractivity contribution is -0.394. The zero-order valence-corrected chi connectivity index (χ0v) is 9.59. The summed E-state index contributed by atoms with van der Waals surface area (Å²) >= 11 is 1.10. The Kier molecular flexibility index (Phi) is 3.15. The van der Waals surface area contributed by atoms with Crippen LogP contribution in [0.25, 0.3) is 0 Å². The summed E-state index contributed by atoms with van der Waals surface area (Å²) in [4.78, 5) is 30.9. The fourth-order valence-corrected chi connectivity index (χ4v) is 2.40. The maximum Gasteiger partial charge on any atom is 0.317 e. The van der Waals surface area contributed by atoms with Crippen molar-refractivity contribution in [3.05, 3.63) is 44.0 Å². The molecule has 1 saturated heterocycles. The SMILES string of the molecule is O=C1CSC(c2ccc([N+](=O)[O-])cc2[N+](=O)[O-])O1. The molecule has 1 heterocycles. The number of ether oxygens (including phenoxy) is 1. The Morgan fingerprint density at radius 3 is 2.50 bits per heavy atom. The molecule has 0 aromatic heterocycles. The molecule has 0 spiro atoms. The van der Waals surface area contributed by atoms with Gasteiger partial charge in [-0.1, -0.05) is 0 Å². The van der Waals surface area contributed by atoms with Gasteiger partial charge in [0.05, 0.1) is 27.2 Å². The molecule has 9 heteroatoms. The highest BCUT2D eigenvalue weighted by Crippen LogP contribution is 2.41. The monoisotopic (exact) mass is 270 g/mol. The molecule has 1 unspecified atom stereocenters. The first-order valence-electron chi connectivity index (χ1n) is 4.73. The van der Waals surface area contributed by atoms with Crippen LogP contribution in [0.1, 0.15) is 11.0 Å². The van der Waals surface area contributed by atoms with Crippen LogP contribution in [0.4, 0.5) is 11.4 Å². The number of hydrogen-bond donors (Lipinski definition) is 0. The average Bonchev–Trinajstić information content (AvgIpc) is 2.74. The van der Waals surface area contributed by atoms with Gasteiger partial charge in [-0.25, -0.2) is 0 Å². The minimum absolute atomic E-state index is 0.110. The predicted molar refractivity (Wildman–Crippen MR) is 61.0 cm³/mol. The second kappa shape index (κ2) is 4.61. The van der Waals surface area contributed by atoms with Gasteiger partial charge in [0.1, 0.15) is 0 Å². The number of nitro groups is 2. The molecule has 0 aliphatic carbocycles. The zero-order valence-electron chi connectivity index (χ0n) is 8.77. The van der Waals surface area contributed by atoms with Crippen molar-refractivity contribution in [1.29, 1.82) is 0 Å². The first kappa shape index (κ1) is 12.3. The molecule has 94 valence electrons. The number of nitrogens with zero attached hydrogens (tertiary/aromatic N) is 2. The van der Waals surface area contributed by atoms with E-state index in [2.05, 4.69) is 0 Å². The van der Waals surface area contributed by atoms with E-state index in [0.29, 0.717) is 0 Å². The van der Waals surface area contributed by atoms with E-state index in [9.17, 15) is 25.0 Å². The standard InChI is InChI=1S/C9H6N2O6S/c12-8-4-18-9(17-8)6-2-1-5(10(13)14)3-7(6)11(15)16/h1-3,9H,4H2. The maximum atomic E-state index is 11.0. The van der Waals surface area contributed by atoms with E-state index in [-0.39, 0.29) is 17.0 Å². The van der Waals surface area contributed by atoms with E-state index in [1.165, 1.54) is 6.07 Å². The van der Waals surface area contributed by atoms with Gasteiger partial charge in [-0.2, -0.15) is 0 Å². The number of thioether (sulfide) groups is 1. The van der Waals surface area contributed by atoms with Gasteiger partial charge in [0, 0.05) is 6.07 Å². The molecule has 1 aliphatic heterocycles. The minimum atomic E-state index is -0.779. The molecule has 8 nitrogen and oxygen atoms in total. The van der Waals surface area contributed by atoms with Crippen molar-refractivity contribution in [3.8, 4) is 0 Å². The maximum absolute atomic E-state index is 11.0. The van der Waals surface area contributed by atoms with Crippen LogP contribution < -0.4 is 0 Å². The molecule has 2 rings (SSSR count). The highest BCUT2D eigenvalue weighted by molar-refractivity contribution is 8.00. The second-order valence-electron chi connectivity index (χ2n) is 3.39. The van der Waals surface area contributed by atoms with Crippen molar-refractivity contribution in [2.45, 2.75) is 5.44 Å². The zero-order chi connectivity index (χ0) is 13.3. The van der Waals surface area contributed by atoms with E-state index in [1.807, 2.05) is 0 Å². The third-order valence-electron chi connectivity index (χ3n) is 2.27. The summed E-state index contributed by atoms with van der Waals surface area (Å²) in [6, 6.07) is 3.25. The Morgan fingerprint density at radius 1 is 1.28 bits per heavy atom. The first-order chi connectivity index (χ1) is 8.49. The van der Waals surface area contributed by atoms with Crippen LogP contribution in [0.3, 0.4) is 0 Å². The number of cyclic esters (lactones) is 1. The fourth-order valence-electron chi connectivity index (χ4n) is 1.49. The summed E-state index contributed by atoms with van der Waals surface area (Å²) < 4.78 is 4.89. The van der Waals surface area contributed by atoms with Gasteiger partial charge in [-0.3, -0.25) is 25.0 Å². The predicted octanol–water partition coefficient (Wildman–Crippen LogP) is 1.79. The Hall–Kier alpha value is -2.16. The normalized spacial score (nSPS) is 18.4. The van der Waals surface area contributed by atoms with Crippen LogP contribution in [0.5, 0.6) is 0 Å². The molecule has 0 radical (unpaired) electrons. The molecule has 1 aromatic rings. The lowest BCUT2D eigenvalue weighted by Crippen LogP contribution is -2.03. The number of hydrogen-bond acceptors (Lipinski definition) is 7. The summed E-state index contributed by atoms with van der Waals surface area (Å²) in [6.45, 7) is 0. The van der Waals surface area contributed by atoms with Crippen molar-refractivity contribution < 1.29 is 19.4 Å². The topological polar surface area (TPSA) is 113 Å². The van der Waals surface area contributed by atoms with Crippen LogP contribution in [0, 0.1) is 20.2 Å². The van der Waals surface area contributed by atoms with E-state index in [4.69, 9.17) is 4.74 Å². The van der Waals surface area contributed by atoms with E-state index < -0.39 is 26.9 Å². The van der Waals surface area contributed by atoms with Crippen molar-refractivity contribution in [2.75, 3.05) is 5.75 Å². The van der Waals surface area contributed by atoms with Crippen molar-refractivity contribution in [1.82, 2.24) is 0 Å². The van der Waals surface area contributed by atoms with Crippen molar-refractivity contribution in [3.63, 3.8) is 0 Å². The molecule has 1 fully saturated rings. The highest BCUT2D eigenvalue weighted by atomic mass is 32.2. The van der Waals surface area contributed by atoms with E-state index in [1.54, 1.807) is 0 Å². The lowest BCUT2D eigenvalue weighted by Gasteiger charge is -2.08. The summed E-state index contributed by atoms with van der Waals surface area (Å²) in [5.74, 6) is -0.351. The molecule has 1 atom stereocenters. The summed E-state index contributed by atoms with van der Waals surface area (Å²) in [7, 11) is 0. The lowest BCUT2D eigenvalue weighted by atomic mass is 10.1. The fraction of sp³-hybridized carbons (Fsp3) is 0.222. The quantitative estimate of drug-likeness (QED) is 0.467. The van der Waals surface area contributed by atoms with Crippen LogP contribution >= 0.6 is 11.8 Å². The van der Waals surface area contributed by atoms with E-state index >= 15 is 0 Å². The number of benzene rings is 1. The minimum Gasteiger partial charge on any atom is -0.445 e. The van der Waals surface area contributed by atoms with Crippen LogP contribution in [-0.4, -0.2) is 21.6 Å². The number of rotatable bonds is 3. The van der Waals surface area contributed by atoms with Gasteiger partial charge in [-0.15, -0.1) is 11.8 Å². The van der Waals surface area contributed by atoms with Gasteiger partial charge < -0.3 is 4.74 Å². The summed E-state index contributed by atoms with van der Waals surface area (Å²) in [6.07, 6.45) is 0. The van der Waals surface area contributed by atoms with Gasteiger partial charge in [0.2, 0.25) is 0 Å². The Morgan fingerprint density at radius 2 is 2.00 bits per heavy atom. The molecule has 1 aromatic carbocycles. The smallest absolute Gasteiger partial charge is 0.317 e. The third kappa shape index (κ3) is 2.25. The van der Waals surface area contributed by atoms with Crippen LogP contribution in [0.15, 0.2) is 18.2 Å². The van der Waals surface area contributed by atoms with Crippen LogP contribution in [-0.2, 0) is 9.53 Å². The molecule has 0 saturated carbocycles. The largest absolute Gasteiger partial charge is 0.445 e. The number of nitro benzene ring substituents is 2. The Labute approximate surface area is 104 Å². The first-order valence-corrected chi connectivity index (χ1v) is 5.77. The molecule has 18 heavy (non-hydrogen) atoms. The Balaban J connectivity index is 2.44. The van der Waals surface area contributed by atoms with Gasteiger partial charge in [-0.05, 0) is 6.07 Å². The van der Waals surface area contributed by atoms with Gasteiger partial charge >= 0.3 is 5.97 Å². The molecule has 0 bridgehead atoms. The van der Waals surface area contributed by atoms with Gasteiger partial charge in [0.25, 0.3) is 11.4 Å². The van der Waals surface area contributed by atoms with Crippen molar-refractivity contribution >= 4 is 29.1 Å². The molecular weight excluding hydrogens is 264 g/mol. The second-order valence-corrected chi connectivity index (χ2v) is 4.44. The average molecular weight is 270 g/mol. The third-order valence-corrected chi connectivity index (χ3v) is 3.32. The summed E-state index contributed by atoms with van der Waals surface area (Å²) in [5.41, 5.74) is -1.42. The number of esters is 1. The molecule has 0 amide bonds. The number of carbonyl (C=O) groups is 1. The van der Waals surface area contributed by atoms with Crippen molar-refractivity contribution in [2.24, 2.45) is 0 Å². The molecule has 1 aliphatic rings.